The van der Waals surface area contributed by atoms with E-state index in [0.29, 0.717) is 6.10 Å². The van der Waals surface area contributed by atoms with E-state index in [1.807, 2.05) is 0 Å². The van der Waals surface area contributed by atoms with Crippen molar-refractivity contribution in [2.45, 2.75) is 51.0 Å². The van der Waals surface area contributed by atoms with E-state index in [1.54, 1.807) is 0 Å². The van der Waals surface area contributed by atoms with Gasteiger partial charge in [0.05, 0.1) is 6.10 Å². The minimum Gasteiger partial charge on any atom is -0.378 e. The Morgan fingerprint density at radius 3 is 2.64 bits per heavy atom. The number of ether oxygens (including phenoxy) is 1. The van der Waals surface area contributed by atoms with Gasteiger partial charge in [-0.05, 0) is 57.5 Å². The Morgan fingerprint density at radius 1 is 1.07 bits per heavy atom. The van der Waals surface area contributed by atoms with Gasteiger partial charge >= 0.3 is 0 Å². The van der Waals surface area contributed by atoms with Crippen molar-refractivity contribution in [2.75, 3.05) is 19.7 Å². The molecule has 0 aromatic heterocycles. The lowest BCUT2D eigenvalue weighted by atomic mass is 9.85. The maximum Gasteiger partial charge on any atom is 0.0587 e. The van der Waals surface area contributed by atoms with Gasteiger partial charge in [-0.15, -0.1) is 0 Å². The second-order valence-corrected chi connectivity index (χ2v) is 4.78. The van der Waals surface area contributed by atoms with Crippen molar-refractivity contribution in [1.82, 2.24) is 5.32 Å². The smallest absolute Gasteiger partial charge is 0.0587 e. The van der Waals surface area contributed by atoms with Gasteiger partial charge in [0.25, 0.3) is 0 Å². The number of rotatable bonds is 5. The van der Waals surface area contributed by atoms with Crippen molar-refractivity contribution in [1.29, 1.82) is 0 Å². The third-order valence-corrected chi connectivity index (χ3v) is 3.57. The zero-order valence-corrected chi connectivity index (χ0v) is 9.13. The lowest BCUT2D eigenvalue weighted by Crippen LogP contribution is -2.30. The summed E-state index contributed by atoms with van der Waals surface area (Å²) in [5.74, 6) is 0.988. The minimum atomic E-state index is 0.553. The van der Waals surface area contributed by atoms with Crippen LogP contribution in [0.15, 0.2) is 0 Å². The lowest BCUT2D eigenvalue weighted by Gasteiger charge is -2.26. The van der Waals surface area contributed by atoms with Crippen LogP contribution in [0.5, 0.6) is 0 Å². The van der Waals surface area contributed by atoms with Crippen LogP contribution in [0.25, 0.3) is 0 Å². The molecule has 0 aromatic rings. The molecule has 2 nitrogen and oxygen atoms in total. The quantitative estimate of drug-likeness (QED) is 0.683. The van der Waals surface area contributed by atoms with Gasteiger partial charge in [-0.2, -0.15) is 0 Å². The van der Waals surface area contributed by atoms with Crippen molar-refractivity contribution in [3.8, 4) is 0 Å². The maximum atomic E-state index is 5.69. The summed E-state index contributed by atoms with van der Waals surface area (Å²) in [4.78, 5) is 0. The predicted octanol–water partition coefficient (Wildman–Crippen LogP) is 2.34. The summed E-state index contributed by atoms with van der Waals surface area (Å²) in [6, 6.07) is 0. The second kappa shape index (κ2) is 5.72. The minimum absolute atomic E-state index is 0.553. The fraction of sp³-hybridized carbons (Fsp3) is 1.00. The van der Waals surface area contributed by atoms with Crippen molar-refractivity contribution in [2.24, 2.45) is 5.92 Å². The summed E-state index contributed by atoms with van der Waals surface area (Å²) in [6.45, 7) is 3.39. The van der Waals surface area contributed by atoms with E-state index >= 15 is 0 Å². The fourth-order valence-electron chi connectivity index (χ4n) is 2.30. The predicted molar refractivity (Wildman–Crippen MR) is 58.4 cm³/mol. The summed E-state index contributed by atoms with van der Waals surface area (Å²) in [6.07, 6.45) is 10.0. The van der Waals surface area contributed by atoms with Crippen LogP contribution in [0.2, 0.25) is 0 Å². The van der Waals surface area contributed by atoms with Crippen molar-refractivity contribution >= 4 is 0 Å². The topological polar surface area (TPSA) is 21.3 Å². The van der Waals surface area contributed by atoms with Crippen LogP contribution < -0.4 is 5.32 Å². The highest BCUT2D eigenvalue weighted by Crippen LogP contribution is 2.25. The molecule has 2 fully saturated rings. The monoisotopic (exact) mass is 197 g/mol. The van der Waals surface area contributed by atoms with E-state index < -0.39 is 0 Å². The molecule has 1 unspecified atom stereocenters. The van der Waals surface area contributed by atoms with E-state index in [1.165, 1.54) is 51.5 Å². The van der Waals surface area contributed by atoms with Crippen LogP contribution in [0.4, 0.5) is 0 Å². The van der Waals surface area contributed by atoms with E-state index in [-0.39, 0.29) is 0 Å². The third kappa shape index (κ3) is 3.25. The Morgan fingerprint density at radius 2 is 2.00 bits per heavy atom. The average Bonchev–Trinajstić information content (AvgIpc) is 2.16. The molecular formula is C12H23NO. The van der Waals surface area contributed by atoms with Gasteiger partial charge in [0.15, 0.2) is 0 Å². The molecule has 1 atom stereocenters. The molecule has 2 rings (SSSR count). The van der Waals surface area contributed by atoms with E-state index in [9.17, 15) is 0 Å². The first-order valence-electron chi connectivity index (χ1n) is 6.27. The van der Waals surface area contributed by atoms with Gasteiger partial charge in [0, 0.05) is 6.61 Å². The maximum absolute atomic E-state index is 5.69. The molecule has 1 saturated heterocycles. The highest BCUT2D eigenvalue weighted by Gasteiger charge is 2.17. The van der Waals surface area contributed by atoms with Gasteiger partial charge in [0.1, 0.15) is 0 Å². The van der Waals surface area contributed by atoms with Crippen LogP contribution in [-0.4, -0.2) is 25.8 Å². The Balaban J connectivity index is 1.45. The third-order valence-electron chi connectivity index (χ3n) is 3.57. The van der Waals surface area contributed by atoms with Gasteiger partial charge in [0.2, 0.25) is 0 Å². The molecule has 1 N–H and O–H groups in total. The van der Waals surface area contributed by atoms with E-state index in [4.69, 9.17) is 4.74 Å². The molecule has 0 amide bonds. The highest BCUT2D eigenvalue weighted by atomic mass is 16.5. The molecule has 14 heavy (non-hydrogen) atoms. The van der Waals surface area contributed by atoms with E-state index in [0.717, 1.165) is 19.1 Å². The Hall–Kier alpha value is -0.0800. The van der Waals surface area contributed by atoms with Crippen LogP contribution in [0, 0.1) is 5.92 Å². The van der Waals surface area contributed by atoms with Gasteiger partial charge in [-0.3, -0.25) is 0 Å². The van der Waals surface area contributed by atoms with Crippen molar-refractivity contribution < 1.29 is 4.74 Å². The molecule has 1 heterocycles. The Bertz CT molecular complexity index is 150. The van der Waals surface area contributed by atoms with Gasteiger partial charge in [-0.1, -0.05) is 6.42 Å². The summed E-state index contributed by atoms with van der Waals surface area (Å²) in [5.41, 5.74) is 0. The van der Waals surface area contributed by atoms with Crippen LogP contribution >= 0.6 is 0 Å². The number of nitrogens with one attached hydrogen (secondary N) is 1. The first-order chi connectivity index (χ1) is 6.95. The molecule has 0 radical (unpaired) electrons. The first-order valence-corrected chi connectivity index (χ1v) is 6.27. The zero-order valence-electron chi connectivity index (χ0n) is 9.13. The second-order valence-electron chi connectivity index (χ2n) is 4.78. The molecule has 2 aliphatic rings. The number of hydrogen-bond acceptors (Lipinski definition) is 2. The van der Waals surface area contributed by atoms with Crippen LogP contribution in [-0.2, 0) is 4.74 Å². The summed E-state index contributed by atoms with van der Waals surface area (Å²) in [5, 5.41) is 3.55. The Labute approximate surface area is 87.4 Å². The van der Waals surface area contributed by atoms with Crippen LogP contribution in [0.1, 0.15) is 44.9 Å². The van der Waals surface area contributed by atoms with Gasteiger partial charge in [-0.25, -0.2) is 0 Å². The molecule has 0 aromatic carbocycles. The molecule has 0 bridgehead atoms. The molecule has 82 valence electrons. The molecule has 1 aliphatic heterocycles. The molecule has 1 aliphatic carbocycles. The molecular weight excluding hydrogens is 174 g/mol. The normalized spacial score (nSPS) is 28.7. The highest BCUT2D eigenvalue weighted by molar-refractivity contribution is 4.72. The fourth-order valence-corrected chi connectivity index (χ4v) is 2.30. The van der Waals surface area contributed by atoms with Crippen LogP contribution in [0.3, 0.4) is 0 Å². The first kappa shape index (κ1) is 10.4. The van der Waals surface area contributed by atoms with Crippen molar-refractivity contribution in [3.05, 3.63) is 0 Å². The standard InChI is InChI=1S/C12H23NO/c1-2-9-14-12(6-1)7-8-13-10-11-4-3-5-11/h11-13H,1-10H2. The molecule has 2 heteroatoms. The molecule has 1 saturated carbocycles. The average molecular weight is 197 g/mol. The van der Waals surface area contributed by atoms with Crippen molar-refractivity contribution in [3.63, 3.8) is 0 Å². The molecule has 0 spiro atoms. The largest absolute Gasteiger partial charge is 0.378 e. The SMILES string of the molecule is C1CCC(CCNCC2CCC2)OC1. The van der Waals surface area contributed by atoms with E-state index in [2.05, 4.69) is 5.32 Å². The number of hydrogen-bond donors (Lipinski definition) is 1. The summed E-state index contributed by atoms with van der Waals surface area (Å²) in [7, 11) is 0. The summed E-state index contributed by atoms with van der Waals surface area (Å²) < 4.78 is 5.69. The lowest BCUT2D eigenvalue weighted by molar-refractivity contribution is 0.0113. The van der Waals surface area contributed by atoms with Gasteiger partial charge < -0.3 is 10.1 Å². The Kier molecular flexibility index (Phi) is 4.26. The summed E-state index contributed by atoms with van der Waals surface area (Å²) >= 11 is 0. The zero-order chi connectivity index (χ0) is 9.64.